The Hall–Kier alpha value is -2.15. The third kappa shape index (κ3) is 4.42. The molecule has 2 rings (SSSR count). The topological polar surface area (TPSA) is 76.0 Å². The normalized spacial score (nSPS) is 10.4. The molecule has 0 atom stereocenters. The summed E-state index contributed by atoms with van der Waals surface area (Å²) in [7, 11) is 1.70. The standard InChI is InChI=1S/C14H18N4O2S/c1-10-8-12(18(2)17-10)14(20)16-9-13(19)15-6-5-11-4-3-7-21-11/h3-4,7-8H,5-6,9H2,1-2H3,(H,15,19)(H,16,20). The van der Waals surface area contributed by atoms with Crippen LogP contribution in [0.2, 0.25) is 0 Å². The molecule has 0 aliphatic heterocycles. The number of aryl methyl sites for hydroxylation is 2. The van der Waals surface area contributed by atoms with E-state index in [0.29, 0.717) is 12.2 Å². The van der Waals surface area contributed by atoms with Gasteiger partial charge in [-0.25, -0.2) is 0 Å². The second kappa shape index (κ2) is 7.03. The summed E-state index contributed by atoms with van der Waals surface area (Å²) in [5.41, 5.74) is 1.21. The molecule has 112 valence electrons. The number of carbonyl (C=O) groups excluding carboxylic acids is 2. The van der Waals surface area contributed by atoms with Crippen LogP contribution in [0.4, 0.5) is 0 Å². The molecule has 0 unspecified atom stereocenters. The molecule has 6 nitrogen and oxygen atoms in total. The van der Waals surface area contributed by atoms with Crippen LogP contribution in [0.5, 0.6) is 0 Å². The maximum Gasteiger partial charge on any atom is 0.269 e. The summed E-state index contributed by atoms with van der Waals surface area (Å²) in [4.78, 5) is 24.8. The van der Waals surface area contributed by atoms with E-state index in [9.17, 15) is 9.59 Å². The molecular weight excluding hydrogens is 288 g/mol. The van der Waals surface area contributed by atoms with E-state index in [1.165, 1.54) is 9.56 Å². The van der Waals surface area contributed by atoms with E-state index in [-0.39, 0.29) is 18.4 Å². The number of hydrogen-bond acceptors (Lipinski definition) is 4. The lowest BCUT2D eigenvalue weighted by atomic mass is 10.3. The third-order valence-electron chi connectivity index (χ3n) is 2.92. The minimum absolute atomic E-state index is 0.0342. The lowest BCUT2D eigenvalue weighted by Gasteiger charge is -2.06. The van der Waals surface area contributed by atoms with Gasteiger partial charge >= 0.3 is 0 Å². The van der Waals surface area contributed by atoms with E-state index in [2.05, 4.69) is 15.7 Å². The molecule has 2 heterocycles. The summed E-state index contributed by atoms with van der Waals surface area (Å²) in [5, 5.41) is 11.5. The van der Waals surface area contributed by atoms with E-state index < -0.39 is 0 Å². The van der Waals surface area contributed by atoms with Crippen LogP contribution < -0.4 is 10.6 Å². The summed E-state index contributed by atoms with van der Waals surface area (Å²) in [6.45, 7) is 2.35. The zero-order valence-electron chi connectivity index (χ0n) is 12.0. The van der Waals surface area contributed by atoms with E-state index in [1.807, 2.05) is 24.4 Å². The molecule has 2 aromatic heterocycles. The van der Waals surface area contributed by atoms with Crippen molar-refractivity contribution in [1.29, 1.82) is 0 Å². The molecule has 2 aromatic rings. The van der Waals surface area contributed by atoms with Gasteiger partial charge in [-0.3, -0.25) is 14.3 Å². The highest BCUT2D eigenvalue weighted by Crippen LogP contribution is 2.07. The molecule has 0 radical (unpaired) electrons. The zero-order valence-corrected chi connectivity index (χ0v) is 12.9. The Labute approximate surface area is 127 Å². The van der Waals surface area contributed by atoms with Gasteiger partial charge in [0.15, 0.2) is 0 Å². The van der Waals surface area contributed by atoms with Crippen LogP contribution in [0.1, 0.15) is 21.1 Å². The fourth-order valence-corrected chi connectivity index (χ4v) is 2.63. The SMILES string of the molecule is Cc1cc(C(=O)NCC(=O)NCCc2cccs2)n(C)n1. The maximum absolute atomic E-state index is 11.9. The lowest BCUT2D eigenvalue weighted by Crippen LogP contribution is -2.38. The molecule has 0 aliphatic carbocycles. The molecule has 7 heteroatoms. The predicted molar refractivity (Wildman–Crippen MR) is 81.3 cm³/mol. The highest BCUT2D eigenvalue weighted by molar-refractivity contribution is 7.09. The number of thiophene rings is 1. The molecule has 2 N–H and O–H groups in total. The molecular formula is C14H18N4O2S. The second-order valence-electron chi connectivity index (χ2n) is 4.66. The van der Waals surface area contributed by atoms with Gasteiger partial charge in [-0.2, -0.15) is 5.10 Å². The first-order chi connectivity index (χ1) is 10.1. The number of aromatic nitrogens is 2. The molecule has 2 amide bonds. The molecule has 0 fully saturated rings. The zero-order chi connectivity index (χ0) is 15.2. The van der Waals surface area contributed by atoms with Crippen LogP contribution in [0, 0.1) is 6.92 Å². The number of hydrogen-bond donors (Lipinski definition) is 2. The Kier molecular flexibility index (Phi) is 5.10. The lowest BCUT2D eigenvalue weighted by molar-refractivity contribution is -0.120. The molecule has 0 spiro atoms. The van der Waals surface area contributed by atoms with Crippen molar-refractivity contribution >= 4 is 23.2 Å². The Morgan fingerprint density at radius 2 is 2.19 bits per heavy atom. The Morgan fingerprint density at radius 1 is 1.38 bits per heavy atom. The number of rotatable bonds is 6. The summed E-state index contributed by atoms with van der Waals surface area (Å²) in [6.07, 6.45) is 0.804. The van der Waals surface area contributed by atoms with Crippen LogP contribution in [-0.4, -0.2) is 34.7 Å². The Balaban J connectivity index is 1.71. The minimum Gasteiger partial charge on any atom is -0.354 e. The minimum atomic E-state index is -0.300. The van der Waals surface area contributed by atoms with Gasteiger partial charge in [0.1, 0.15) is 5.69 Å². The van der Waals surface area contributed by atoms with Crippen molar-refractivity contribution < 1.29 is 9.59 Å². The second-order valence-corrected chi connectivity index (χ2v) is 5.69. The summed E-state index contributed by atoms with van der Waals surface area (Å²) in [5.74, 6) is -0.495. The molecule has 0 aliphatic rings. The third-order valence-corrected chi connectivity index (χ3v) is 3.85. The maximum atomic E-state index is 11.9. The first-order valence-corrected chi connectivity index (χ1v) is 7.52. The van der Waals surface area contributed by atoms with Gasteiger partial charge in [-0.05, 0) is 30.9 Å². The number of carbonyl (C=O) groups is 2. The van der Waals surface area contributed by atoms with Crippen molar-refractivity contribution in [2.75, 3.05) is 13.1 Å². The number of amides is 2. The first kappa shape index (κ1) is 15.2. The van der Waals surface area contributed by atoms with E-state index >= 15 is 0 Å². The van der Waals surface area contributed by atoms with E-state index in [1.54, 1.807) is 24.5 Å². The van der Waals surface area contributed by atoms with Crippen molar-refractivity contribution in [3.8, 4) is 0 Å². The summed E-state index contributed by atoms with van der Waals surface area (Å²) in [6, 6.07) is 5.70. The van der Waals surface area contributed by atoms with Gasteiger partial charge in [0.25, 0.3) is 5.91 Å². The molecule has 0 aromatic carbocycles. The Morgan fingerprint density at radius 3 is 2.81 bits per heavy atom. The van der Waals surface area contributed by atoms with Crippen molar-refractivity contribution in [3.05, 3.63) is 39.8 Å². The van der Waals surface area contributed by atoms with Gasteiger partial charge in [0.05, 0.1) is 12.2 Å². The summed E-state index contributed by atoms with van der Waals surface area (Å²) < 4.78 is 1.50. The fourth-order valence-electron chi connectivity index (χ4n) is 1.92. The monoisotopic (exact) mass is 306 g/mol. The first-order valence-electron chi connectivity index (χ1n) is 6.64. The van der Waals surface area contributed by atoms with E-state index in [4.69, 9.17) is 0 Å². The van der Waals surface area contributed by atoms with Crippen LogP contribution in [0.25, 0.3) is 0 Å². The molecule has 0 saturated heterocycles. The van der Waals surface area contributed by atoms with Crippen LogP contribution in [0.3, 0.4) is 0 Å². The van der Waals surface area contributed by atoms with Gasteiger partial charge < -0.3 is 10.6 Å². The molecule has 0 bridgehead atoms. The number of nitrogens with one attached hydrogen (secondary N) is 2. The van der Waals surface area contributed by atoms with Crippen LogP contribution >= 0.6 is 11.3 Å². The van der Waals surface area contributed by atoms with Gasteiger partial charge in [-0.1, -0.05) is 6.07 Å². The smallest absolute Gasteiger partial charge is 0.269 e. The average molecular weight is 306 g/mol. The van der Waals surface area contributed by atoms with Gasteiger partial charge in [-0.15, -0.1) is 11.3 Å². The molecule has 21 heavy (non-hydrogen) atoms. The van der Waals surface area contributed by atoms with Crippen molar-refractivity contribution in [3.63, 3.8) is 0 Å². The predicted octanol–water partition coefficient (Wildman–Crippen LogP) is 0.879. The van der Waals surface area contributed by atoms with Gasteiger partial charge in [0, 0.05) is 18.5 Å². The van der Waals surface area contributed by atoms with Crippen molar-refractivity contribution in [2.45, 2.75) is 13.3 Å². The van der Waals surface area contributed by atoms with Crippen molar-refractivity contribution in [2.24, 2.45) is 7.05 Å². The fraction of sp³-hybridized carbons (Fsp3) is 0.357. The summed E-state index contributed by atoms with van der Waals surface area (Å²) >= 11 is 1.66. The number of nitrogens with zero attached hydrogens (tertiary/aromatic N) is 2. The van der Waals surface area contributed by atoms with Crippen molar-refractivity contribution in [1.82, 2.24) is 20.4 Å². The quantitative estimate of drug-likeness (QED) is 0.832. The van der Waals surface area contributed by atoms with E-state index in [0.717, 1.165) is 12.1 Å². The van der Waals surface area contributed by atoms with Crippen LogP contribution in [0.15, 0.2) is 23.6 Å². The highest BCUT2D eigenvalue weighted by Gasteiger charge is 2.12. The van der Waals surface area contributed by atoms with Gasteiger partial charge in [0.2, 0.25) is 5.91 Å². The Bertz CT molecular complexity index is 619. The van der Waals surface area contributed by atoms with Crippen LogP contribution in [-0.2, 0) is 18.3 Å². The highest BCUT2D eigenvalue weighted by atomic mass is 32.1. The molecule has 0 saturated carbocycles. The largest absolute Gasteiger partial charge is 0.354 e. The average Bonchev–Trinajstić information content (AvgIpc) is 3.06.